The fraction of sp³-hybridized carbons (Fsp3) is 0.600. The van der Waals surface area contributed by atoms with E-state index in [9.17, 15) is 0 Å². The first-order valence-corrected chi connectivity index (χ1v) is 7.87. The topological polar surface area (TPSA) is 18.5 Å². The first kappa shape index (κ1) is 13.5. The average molecular weight is 344 g/mol. The van der Waals surface area contributed by atoms with Crippen LogP contribution < -0.4 is 0 Å². The van der Waals surface area contributed by atoms with Crippen LogP contribution in [0.5, 0.6) is 0 Å². The number of hydrogen-bond acceptors (Lipinski definition) is 2. The normalized spacial score (nSPS) is 43.4. The van der Waals surface area contributed by atoms with Crippen LogP contribution in [0.2, 0.25) is 0 Å². The molecule has 2 unspecified atom stereocenters. The molecule has 3 rings (SSSR count). The number of alkyl halides is 1. The highest BCUT2D eigenvalue weighted by molar-refractivity contribution is 9.11. The van der Waals surface area contributed by atoms with Gasteiger partial charge in [-0.15, -0.1) is 18.0 Å². The summed E-state index contributed by atoms with van der Waals surface area (Å²) in [6.45, 7) is 2.11. The molecular formula is C15H16BrClO2. The summed E-state index contributed by atoms with van der Waals surface area (Å²) in [5.41, 5.74) is 0. The van der Waals surface area contributed by atoms with Crippen molar-refractivity contribution in [2.24, 2.45) is 11.8 Å². The molecule has 102 valence electrons. The van der Waals surface area contributed by atoms with Crippen molar-refractivity contribution in [3.05, 3.63) is 22.4 Å². The van der Waals surface area contributed by atoms with Crippen molar-refractivity contribution in [3.63, 3.8) is 0 Å². The number of terminal acetylenes is 1. The maximum absolute atomic E-state index is 6.51. The van der Waals surface area contributed by atoms with Gasteiger partial charge in [-0.2, -0.15) is 0 Å². The highest BCUT2D eigenvalue weighted by Gasteiger charge is 2.63. The summed E-state index contributed by atoms with van der Waals surface area (Å²) in [6, 6.07) is 0. The number of halogens is 2. The van der Waals surface area contributed by atoms with Gasteiger partial charge in [0.1, 0.15) is 18.0 Å². The summed E-state index contributed by atoms with van der Waals surface area (Å²) in [6.07, 6.45) is 11.3. The minimum absolute atomic E-state index is 0.106. The molecule has 0 radical (unpaired) electrons. The number of hydrogen-bond donors (Lipinski definition) is 0. The number of allylic oxidation sites excluding steroid dienone is 3. The molecule has 2 nitrogen and oxygen atoms in total. The van der Waals surface area contributed by atoms with Crippen LogP contribution in [0.1, 0.15) is 19.8 Å². The van der Waals surface area contributed by atoms with Gasteiger partial charge in [0, 0.05) is 16.8 Å². The molecular weight excluding hydrogens is 328 g/mol. The zero-order valence-corrected chi connectivity index (χ0v) is 13.0. The van der Waals surface area contributed by atoms with Crippen molar-refractivity contribution in [3.8, 4) is 12.3 Å². The molecule has 0 spiro atoms. The highest BCUT2D eigenvalue weighted by Crippen LogP contribution is 2.56. The highest BCUT2D eigenvalue weighted by atomic mass is 79.9. The summed E-state index contributed by atoms with van der Waals surface area (Å²) in [7, 11) is 0. The van der Waals surface area contributed by atoms with Gasteiger partial charge in [-0.25, -0.2) is 0 Å². The predicted octanol–water partition coefficient (Wildman–Crippen LogP) is 3.60. The molecule has 4 heteroatoms. The quantitative estimate of drug-likeness (QED) is 0.576. The van der Waals surface area contributed by atoms with Crippen LogP contribution in [-0.4, -0.2) is 23.7 Å². The Balaban J connectivity index is 1.91. The Hall–Kier alpha value is -0.430. The van der Waals surface area contributed by atoms with E-state index in [0.717, 1.165) is 23.1 Å². The smallest absolute Gasteiger partial charge is 0.128 e. The SMILES string of the molecule is C#C/C=C\C(Cl)C1[C@H]2C[C@H]3O/C(=C(\Br)CC)[C@@H]1[C@H]3O2. The molecule has 0 saturated carbocycles. The third-order valence-electron chi connectivity index (χ3n) is 4.26. The summed E-state index contributed by atoms with van der Waals surface area (Å²) >= 11 is 10.1. The Bertz CT molecular complexity index is 477. The van der Waals surface area contributed by atoms with Crippen molar-refractivity contribution in [2.75, 3.05) is 0 Å². The first-order valence-electron chi connectivity index (χ1n) is 6.64. The molecule has 2 bridgehead atoms. The second-order valence-electron chi connectivity index (χ2n) is 5.23. The molecule has 0 aromatic heterocycles. The third-order valence-corrected chi connectivity index (χ3v) is 5.65. The standard InChI is InChI=1S/C15H16BrClO2/c1-3-5-6-9(17)12-10-7-11-15(18-10)13(12)14(19-11)8(16)4-2/h1,5-6,9-13,15H,4,7H2,2H3/b6-5-,14-8-/t9?,10-,11-,12?,13-,15+/m1/s1. The molecule has 3 fully saturated rings. The van der Waals surface area contributed by atoms with Crippen molar-refractivity contribution in [1.29, 1.82) is 0 Å². The van der Waals surface area contributed by atoms with E-state index in [1.807, 2.05) is 6.08 Å². The van der Waals surface area contributed by atoms with Gasteiger partial charge in [0.2, 0.25) is 0 Å². The second kappa shape index (κ2) is 5.16. The first-order chi connectivity index (χ1) is 9.17. The van der Waals surface area contributed by atoms with Crippen molar-refractivity contribution in [2.45, 2.75) is 43.5 Å². The molecule has 3 heterocycles. The molecule has 0 N–H and O–H groups in total. The Kier molecular flexibility index (Phi) is 3.68. The van der Waals surface area contributed by atoms with E-state index in [4.69, 9.17) is 27.5 Å². The Morgan fingerprint density at radius 3 is 3.11 bits per heavy atom. The number of rotatable bonds is 3. The third kappa shape index (κ3) is 2.05. The van der Waals surface area contributed by atoms with Gasteiger partial charge in [-0.3, -0.25) is 0 Å². The lowest BCUT2D eigenvalue weighted by Crippen LogP contribution is -2.34. The van der Waals surface area contributed by atoms with Crippen LogP contribution >= 0.6 is 27.5 Å². The predicted molar refractivity (Wildman–Crippen MR) is 79.0 cm³/mol. The number of fused-ring (bicyclic) bond motifs is 1. The number of ether oxygens (including phenoxy) is 2. The zero-order valence-electron chi connectivity index (χ0n) is 10.7. The molecule has 3 aliphatic heterocycles. The van der Waals surface area contributed by atoms with E-state index < -0.39 is 0 Å². The summed E-state index contributed by atoms with van der Waals surface area (Å²) < 4.78 is 13.2. The van der Waals surface area contributed by atoms with E-state index in [1.165, 1.54) is 0 Å². The maximum Gasteiger partial charge on any atom is 0.128 e. The molecule has 3 saturated heterocycles. The Labute approximate surface area is 127 Å². The minimum Gasteiger partial charge on any atom is -0.491 e. The van der Waals surface area contributed by atoms with Gasteiger partial charge in [-0.05, 0) is 12.5 Å². The van der Waals surface area contributed by atoms with E-state index >= 15 is 0 Å². The van der Waals surface area contributed by atoms with E-state index in [2.05, 4.69) is 28.8 Å². The van der Waals surface area contributed by atoms with E-state index in [1.54, 1.807) is 6.08 Å². The van der Waals surface area contributed by atoms with E-state index in [-0.39, 0.29) is 35.5 Å². The van der Waals surface area contributed by atoms with E-state index in [0.29, 0.717) is 0 Å². The largest absolute Gasteiger partial charge is 0.491 e. The van der Waals surface area contributed by atoms with Crippen LogP contribution in [0.25, 0.3) is 0 Å². The monoisotopic (exact) mass is 342 g/mol. The Morgan fingerprint density at radius 2 is 2.42 bits per heavy atom. The van der Waals surface area contributed by atoms with Gasteiger partial charge in [0.25, 0.3) is 0 Å². The van der Waals surface area contributed by atoms with Gasteiger partial charge in [0.15, 0.2) is 0 Å². The van der Waals surface area contributed by atoms with Crippen LogP contribution in [0.15, 0.2) is 22.4 Å². The van der Waals surface area contributed by atoms with Gasteiger partial charge >= 0.3 is 0 Å². The van der Waals surface area contributed by atoms with Gasteiger partial charge in [-0.1, -0.05) is 34.9 Å². The van der Waals surface area contributed by atoms with Crippen LogP contribution in [0.3, 0.4) is 0 Å². The fourth-order valence-corrected chi connectivity index (χ4v) is 4.25. The summed E-state index contributed by atoms with van der Waals surface area (Å²) in [5.74, 6) is 4.06. The van der Waals surface area contributed by atoms with Gasteiger partial charge in [0.05, 0.1) is 17.4 Å². The average Bonchev–Trinajstić information content (AvgIpc) is 3.02. The van der Waals surface area contributed by atoms with Crippen molar-refractivity contribution >= 4 is 27.5 Å². The van der Waals surface area contributed by atoms with Crippen LogP contribution in [0, 0.1) is 24.2 Å². The minimum atomic E-state index is -0.106. The lowest BCUT2D eigenvalue weighted by atomic mass is 9.77. The lowest BCUT2D eigenvalue weighted by molar-refractivity contribution is 0.0690. The molecule has 0 aromatic carbocycles. The molecule has 6 atom stereocenters. The Morgan fingerprint density at radius 1 is 1.63 bits per heavy atom. The molecule has 0 aromatic rings. The fourth-order valence-electron chi connectivity index (χ4n) is 3.50. The second-order valence-corrected chi connectivity index (χ2v) is 6.69. The van der Waals surface area contributed by atoms with Crippen LogP contribution in [0.4, 0.5) is 0 Å². The van der Waals surface area contributed by atoms with Gasteiger partial charge < -0.3 is 9.47 Å². The van der Waals surface area contributed by atoms with Crippen molar-refractivity contribution in [1.82, 2.24) is 0 Å². The van der Waals surface area contributed by atoms with Crippen LogP contribution in [-0.2, 0) is 9.47 Å². The molecule has 3 aliphatic rings. The van der Waals surface area contributed by atoms with Crippen molar-refractivity contribution < 1.29 is 9.47 Å². The molecule has 19 heavy (non-hydrogen) atoms. The summed E-state index contributed by atoms with van der Waals surface area (Å²) in [4.78, 5) is 0. The molecule has 0 amide bonds. The molecule has 0 aliphatic carbocycles. The maximum atomic E-state index is 6.51. The summed E-state index contributed by atoms with van der Waals surface area (Å²) in [5, 5.41) is -0.106. The lowest BCUT2D eigenvalue weighted by Gasteiger charge is -2.25. The zero-order chi connectivity index (χ0) is 13.6.